The Hall–Kier alpha value is -1.62. The Bertz CT molecular complexity index is 499. The lowest BCUT2D eigenvalue weighted by Gasteiger charge is -2.41. The predicted molar refractivity (Wildman–Crippen MR) is 92.5 cm³/mol. The van der Waals surface area contributed by atoms with Gasteiger partial charge in [-0.2, -0.15) is 0 Å². The van der Waals surface area contributed by atoms with Gasteiger partial charge < -0.3 is 15.1 Å². The van der Waals surface area contributed by atoms with Crippen molar-refractivity contribution >= 4 is 11.6 Å². The summed E-state index contributed by atoms with van der Waals surface area (Å²) in [7, 11) is 0. The SMILES string of the molecule is CC1CN(c2ccncc2)CCN1C(=O)CC1CCCNCC1. The van der Waals surface area contributed by atoms with Crippen LogP contribution in [0.3, 0.4) is 0 Å². The molecule has 3 rings (SSSR count). The zero-order valence-electron chi connectivity index (χ0n) is 14.1. The Labute approximate surface area is 139 Å². The maximum atomic E-state index is 12.7. The predicted octanol–water partition coefficient (Wildman–Crippen LogP) is 1.90. The fourth-order valence-corrected chi connectivity index (χ4v) is 3.78. The molecule has 1 aromatic heterocycles. The summed E-state index contributed by atoms with van der Waals surface area (Å²) < 4.78 is 0. The molecule has 2 atom stereocenters. The second kappa shape index (κ2) is 7.77. The molecule has 0 aromatic carbocycles. The first-order valence-corrected chi connectivity index (χ1v) is 8.89. The fraction of sp³-hybridized carbons (Fsp3) is 0.667. The molecular formula is C18H28N4O. The van der Waals surface area contributed by atoms with Gasteiger partial charge in [0.1, 0.15) is 0 Å². The molecule has 5 nitrogen and oxygen atoms in total. The third-order valence-corrected chi connectivity index (χ3v) is 5.13. The van der Waals surface area contributed by atoms with Gasteiger partial charge in [0.2, 0.25) is 5.91 Å². The zero-order chi connectivity index (χ0) is 16.1. The fourth-order valence-electron chi connectivity index (χ4n) is 3.78. The summed E-state index contributed by atoms with van der Waals surface area (Å²) in [4.78, 5) is 21.2. The number of piperazine rings is 1. The Morgan fingerprint density at radius 1 is 1.26 bits per heavy atom. The summed E-state index contributed by atoms with van der Waals surface area (Å²) in [5.41, 5.74) is 1.20. The van der Waals surface area contributed by atoms with E-state index in [0.717, 1.165) is 45.6 Å². The van der Waals surface area contributed by atoms with Crippen molar-refractivity contribution in [1.29, 1.82) is 0 Å². The average molecular weight is 316 g/mol. The van der Waals surface area contributed by atoms with E-state index in [2.05, 4.69) is 27.0 Å². The van der Waals surface area contributed by atoms with E-state index >= 15 is 0 Å². The van der Waals surface area contributed by atoms with Crippen molar-refractivity contribution in [3.05, 3.63) is 24.5 Å². The number of rotatable bonds is 3. The first kappa shape index (κ1) is 16.2. The van der Waals surface area contributed by atoms with Gasteiger partial charge in [0.05, 0.1) is 0 Å². The molecule has 126 valence electrons. The van der Waals surface area contributed by atoms with Crippen molar-refractivity contribution in [2.75, 3.05) is 37.6 Å². The summed E-state index contributed by atoms with van der Waals surface area (Å²) >= 11 is 0. The molecule has 2 saturated heterocycles. The van der Waals surface area contributed by atoms with E-state index in [1.807, 2.05) is 24.5 Å². The van der Waals surface area contributed by atoms with Crippen LogP contribution < -0.4 is 10.2 Å². The molecule has 0 aliphatic carbocycles. The van der Waals surface area contributed by atoms with Crippen LogP contribution in [0, 0.1) is 5.92 Å². The van der Waals surface area contributed by atoms with Gasteiger partial charge in [-0.25, -0.2) is 0 Å². The molecular weight excluding hydrogens is 288 g/mol. The topological polar surface area (TPSA) is 48.5 Å². The maximum Gasteiger partial charge on any atom is 0.223 e. The summed E-state index contributed by atoms with van der Waals surface area (Å²) in [6.45, 7) is 6.97. The van der Waals surface area contributed by atoms with Crippen LogP contribution in [0.15, 0.2) is 24.5 Å². The second-order valence-electron chi connectivity index (χ2n) is 6.84. The minimum atomic E-state index is 0.272. The second-order valence-corrected chi connectivity index (χ2v) is 6.84. The Morgan fingerprint density at radius 2 is 2.09 bits per heavy atom. The molecule has 1 amide bonds. The standard InChI is InChI=1S/C18H28N4O/c1-15-14-21(17-5-9-20-10-6-17)11-12-22(15)18(23)13-16-3-2-7-19-8-4-16/h5-6,9-10,15-16,19H,2-4,7-8,11-14H2,1H3. The number of anilines is 1. The highest BCUT2D eigenvalue weighted by molar-refractivity contribution is 5.77. The monoisotopic (exact) mass is 316 g/mol. The van der Waals surface area contributed by atoms with Crippen LogP contribution in [0.2, 0.25) is 0 Å². The van der Waals surface area contributed by atoms with Crippen molar-refractivity contribution in [1.82, 2.24) is 15.2 Å². The van der Waals surface area contributed by atoms with E-state index < -0.39 is 0 Å². The first-order chi connectivity index (χ1) is 11.2. The van der Waals surface area contributed by atoms with Crippen molar-refractivity contribution < 1.29 is 4.79 Å². The molecule has 2 unspecified atom stereocenters. The van der Waals surface area contributed by atoms with Crippen LogP contribution in [-0.2, 0) is 4.79 Å². The molecule has 0 radical (unpaired) electrons. The lowest BCUT2D eigenvalue weighted by Crippen LogP contribution is -2.54. The molecule has 5 heteroatoms. The Balaban J connectivity index is 1.54. The van der Waals surface area contributed by atoms with Gasteiger partial charge in [-0.1, -0.05) is 0 Å². The average Bonchev–Trinajstić information content (AvgIpc) is 2.84. The van der Waals surface area contributed by atoms with E-state index in [0.29, 0.717) is 11.8 Å². The molecule has 3 heterocycles. The highest BCUT2D eigenvalue weighted by Crippen LogP contribution is 2.22. The molecule has 1 N–H and O–H groups in total. The number of nitrogens with one attached hydrogen (secondary N) is 1. The molecule has 0 spiro atoms. The van der Waals surface area contributed by atoms with Crippen LogP contribution in [0.4, 0.5) is 5.69 Å². The highest BCUT2D eigenvalue weighted by atomic mass is 16.2. The zero-order valence-corrected chi connectivity index (χ0v) is 14.1. The summed E-state index contributed by atoms with van der Waals surface area (Å²) in [6.07, 6.45) is 7.90. The summed E-state index contributed by atoms with van der Waals surface area (Å²) in [6, 6.07) is 4.36. The lowest BCUT2D eigenvalue weighted by molar-refractivity contribution is -0.134. The van der Waals surface area contributed by atoms with E-state index in [9.17, 15) is 4.79 Å². The number of nitrogens with zero attached hydrogens (tertiary/aromatic N) is 3. The summed E-state index contributed by atoms with van der Waals surface area (Å²) in [5.74, 6) is 0.904. The van der Waals surface area contributed by atoms with E-state index in [1.54, 1.807) is 0 Å². The van der Waals surface area contributed by atoms with Gasteiger partial charge in [-0.15, -0.1) is 0 Å². The van der Waals surface area contributed by atoms with Gasteiger partial charge in [-0.05, 0) is 57.3 Å². The van der Waals surface area contributed by atoms with Gasteiger partial charge in [0, 0.05) is 50.2 Å². The Kier molecular flexibility index (Phi) is 5.49. The van der Waals surface area contributed by atoms with Crippen molar-refractivity contribution in [2.45, 2.75) is 38.6 Å². The van der Waals surface area contributed by atoms with E-state index in [4.69, 9.17) is 0 Å². The number of pyridine rings is 1. The van der Waals surface area contributed by atoms with Gasteiger partial charge in [0.25, 0.3) is 0 Å². The van der Waals surface area contributed by atoms with Crippen molar-refractivity contribution in [2.24, 2.45) is 5.92 Å². The molecule has 1 aromatic rings. The van der Waals surface area contributed by atoms with Gasteiger partial charge in [-0.3, -0.25) is 9.78 Å². The molecule has 2 aliphatic heterocycles. The van der Waals surface area contributed by atoms with Crippen molar-refractivity contribution in [3.8, 4) is 0 Å². The van der Waals surface area contributed by atoms with Crippen LogP contribution in [-0.4, -0.2) is 54.6 Å². The number of amides is 1. The van der Waals surface area contributed by atoms with Gasteiger partial charge in [0.15, 0.2) is 0 Å². The minimum absolute atomic E-state index is 0.272. The number of aromatic nitrogens is 1. The van der Waals surface area contributed by atoms with Crippen LogP contribution in [0.25, 0.3) is 0 Å². The van der Waals surface area contributed by atoms with Crippen LogP contribution in [0.5, 0.6) is 0 Å². The Morgan fingerprint density at radius 3 is 2.87 bits per heavy atom. The molecule has 2 aliphatic rings. The summed E-state index contributed by atoms with van der Waals surface area (Å²) in [5, 5.41) is 3.43. The third-order valence-electron chi connectivity index (χ3n) is 5.13. The highest BCUT2D eigenvalue weighted by Gasteiger charge is 2.29. The quantitative estimate of drug-likeness (QED) is 0.925. The van der Waals surface area contributed by atoms with Crippen LogP contribution in [0.1, 0.15) is 32.6 Å². The largest absolute Gasteiger partial charge is 0.368 e. The minimum Gasteiger partial charge on any atom is -0.368 e. The van der Waals surface area contributed by atoms with Gasteiger partial charge >= 0.3 is 0 Å². The first-order valence-electron chi connectivity index (χ1n) is 8.89. The van der Waals surface area contributed by atoms with Crippen LogP contribution >= 0.6 is 0 Å². The maximum absolute atomic E-state index is 12.7. The number of carbonyl (C=O) groups excluding carboxylic acids is 1. The van der Waals surface area contributed by atoms with Crippen molar-refractivity contribution in [3.63, 3.8) is 0 Å². The van der Waals surface area contributed by atoms with E-state index in [1.165, 1.54) is 18.5 Å². The normalized spacial score (nSPS) is 26.0. The third kappa shape index (κ3) is 4.22. The number of hydrogen-bond acceptors (Lipinski definition) is 4. The smallest absolute Gasteiger partial charge is 0.223 e. The van der Waals surface area contributed by atoms with E-state index in [-0.39, 0.29) is 6.04 Å². The lowest BCUT2D eigenvalue weighted by atomic mass is 9.95. The molecule has 2 fully saturated rings. The molecule has 23 heavy (non-hydrogen) atoms. The number of carbonyl (C=O) groups is 1. The molecule has 0 bridgehead atoms. The molecule has 0 saturated carbocycles. The number of hydrogen-bond donors (Lipinski definition) is 1.